The van der Waals surface area contributed by atoms with Gasteiger partial charge >= 0.3 is 0 Å². The molecule has 1 atom stereocenters. The lowest BCUT2D eigenvalue weighted by molar-refractivity contribution is -0.117. The molecule has 8 heteroatoms. The average molecular weight is 437 g/mol. The van der Waals surface area contributed by atoms with Crippen molar-refractivity contribution in [3.05, 3.63) is 63.7 Å². The van der Waals surface area contributed by atoms with Gasteiger partial charge in [-0.2, -0.15) is 4.98 Å². The molecule has 132 valence electrons. The molecule has 1 aliphatic rings. The summed E-state index contributed by atoms with van der Waals surface area (Å²) in [5.74, 6) is 0.186. The number of carbonyl (C=O) groups excluding carboxylic acids is 1. The minimum absolute atomic E-state index is 0.0124. The van der Waals surface area contributed by atoms with Crippen molar-refractivity contribution in [1.82, 2.24) is 10.1 Å². The van der Waals surface area contributed by atoms with Crippen molar-refractivity contribution >= 4 is 39.1 Å². The van der Waals surface area contributed by atoms with E-state index in [4.69, 9.17) is 16.1 Å². The highest BCUT2D eigenvalue weighted by Crippen LogP contribution is 2.32. The molecular weight excluding hydrogens is 425 g/mol. The number of rotatable bonds is 3. The highest BCUT2D eigenvalue weighted by atomic mass is 79.9. The number of halogens is 3. The van der Waals surface area contributed by atoms with E-state index >= 15 is 0 Å². The van der Waals surface area contributed by atoms with E-state index in [-0.39, 0.29) is 24.1 Å². The van der Waals surface area contributed by atoms with Gasteiger partial charge in [-0.25, -0.2) is 4.39 Å². The molecule has 0 aliphatic carbocycles. The second-order valence-corrected chi connectivity index (χ2v) is 7.26. The molecule has 1 saturated heterocycles. The zero-order chi connectivity index (χ0) is 18.3. The van der Waals surface area contributed by atoms with Crippen molar-refractivity contribution in [1.29, 1.82) is 0 Å². The SMILES string of the molecule is O=C1CC(c2nc(-c3ccc(F)c(Br)c3)no2)CN1c1ccc(Cl)cc1. The minimum atomic E-state index is -0.363. The quantitative estimate of drug-likeness (QED) is 0.591. The molecule has 1 aromatic heterocycles. The molecule has 1 fully saturated rings. The first-order valence-electron chi connectivity index (χ1n) is 7.86. The van der Waals surface area contributed by atoms with Crippen LogP contribution in [0, 0.1) is 5.82 Å². The van der Waals surface area contributed by atoms with Crippen LogP contribution in [0.25, 0.3) is 11.4 Å². The molecule has 2 heterocycles. The maximum Gasteiger partial charge on any atom is 0.232 e. The molecule has 26 heavy (non-hydrogen) atoms. The van der Waals surface area contributed by atoms with Crippen LogP contribution in [0.5, 0.6) is 0 Å². The normalized spacial score (nSPS) is 17.1. The fourth-order valence-corrected chi connectivity index (χ4v) is 3.40. The fourth-order valence-electron chi connectivity index (χ4n) is 2.90. The van der Waals surface area contributed by atoms with Crippen LogP contribution in [0.15, 0.2) is 51.5 Å². The molecule has 1 aliphatic heterocycles. The lowest BCUT2D eigenvalue weighted by Gasteiger charge is -2.15. The summed E-state index contributed by atoms with van der Waals surface area (Å²) in [5.41, 5.74) is 1.41. The van der Waals surface area contributed by atoms with E-state index in [1.807, 2.05) is 0 Å². The fraction of sp³-hybridized carbons (Fsp3) is 0.167. The molecule has 1 amide bonds. The van der Waals surface area contributed by atoms with Gasteiger partial charge in [0.25, 0.3) is 0 Å². The standard InChI is InChI=1S/C18H12BrClFN3O2/c19-14-7-10(1-6-15(14)21)17-22-18(26-23-17)11-8-16(25)24(9-11)13-4-2-12(20)3-5-13/h1-7,11H,8-9H2. The summed E-state index contributed by atoms with van der Waals surface area (Å²) in [6.45, 7) is 0.454. The zero-order valence-electron chi connectivity index (χ0n) is 13.3. The molecule has 5 nitrogen and oxygen atoms in total. The van der Waals surface area contributed by atoms with Gasteiger partial charge in [-0.15, -0.1) is 0 Å². The molecule has 0 spiro atoms. The summed E-state index contributed by atoms with van der Waals surface area (Å²) in [6, 6.07) is 11.6. The average Bonchev–Trinajstić information content (AvgIpc) is 3.25. The first kappa shape index (κ1) is 17.2. The van der Waals surface area contributed by atoms with E-state index in [2.05, 4.69) is 26.1 Å². The second kappa shape index (κ2) is 6.81. The van der Waals surface area contributed by atoms with E-state index < -0.39 is 0 Å². The smallest absolute Gasteiger partial charge is 0.232 e. The van der Waals surface area contributed by atoms with Crippen LogP contribution in [0.3, 0.4) is 0 Å². The van der Waals surface area contributed by atoms with Gasteiger partial charge in [-0.1, -0.05) is 16.8 Å². The lowest BCUT2D eigenvalue weighted by atomic mass is 10.1. The monoisotopic (exact) mass is 435 g/mol. The van der Waals surface area contributed by atoms with Crippen molar-refractivity contribution in [3.63, 3.8) is 0 Å². The van der Waals surface area contributed by atoms with Crippen LogP contribution < -0.4 is 4.90 Å². The third kappa shape index (κ3) is 3.24. The van der Waals surface area contributed by atoms with Crippen molar-refractivity contribution in [2.24, 2.45) is 0 Å². The third-order valence-corrected chi connectivity index (χ3v) is 5.09. The molecule has 0 radical (unpaired) electrons. The molecule has 1 unspecified atom stereocenters. The van der Waals surface area contributed by atoms with Gasteiger partial charge in [0.05, 0.1) is 10.4 Å². The Bertz CT molecular complexity index is 977. The van der Waals surface area contributed by atoms with E-state index in [0.29, 0.717) is 33.3 Å². The van der Waals surface area contributed by atoms with Gasteiger partial charge in [0.1, 0.15) is 5.82 Å². The lowest BCUT2D eigenvalue weighted by Crippen LogP contribution is -2.24. The summed E-state index contributed by atoms with van der Waals surface area (Å²) < 4.78 is 19.1. The Labute approximate surface area is 161 Å². The molecule has 0 saturated carbocycles. The number of amides is 1. The maximum atomic E-state index is 13.4. The summed E-state index contributed by atoms with van der Waals surface area (Å²) in [4.78, 5) is 18.4. The van der Waals surface area contributed by atoms with Crippen molar-refractivity contribution in [2.75, 3.05) is 11.4 Å². The minimum Gasteiger partial charge on any atom is -0.339 e. The Morgan fingerprint density at radius 2 is 2.00 bits per heavy atom. The molecule has 4 rings (SSSR count). The van der Waals surface area contributed by atoms with Crippen molar-refractivity contribution in [3.8, 4) is 11.4 Å². The summed E-state index contributed by atoms with van der Waals surface area (Å²) in [7, 11) is 0. The van der Waals surface area contributed by atoms with Crippen LogP contribution in [0.4, 0.5) is 10.1 Å². The van der Waals surface area contributed by atoms with Gasteiger partial charge < -0.3 is 9.42 Å². The number of aromatic nitrogens is 2. The number of hydrogen-bond acceptors (Lipinski definition) is 4. The Morgan fingerprint density at radius 3 is 2.73 bits per heavy atom. The van der Waals surface area contributed by atoms with Gasteiger partial charge in [-0.3, -0.25) is 4.79 Å². The second-order valence-electron chi connectivity index (χ2n) is 5.97. The van der Waals surface area contributed by atoms with Gasteiger partial charge in [-0.05, 0) is 58.4 Å². The van der Waals surface area contributed by atoms with Gasteiger partial charge in [0, 0.05) is 29.2 Å². The maximum absolute atomic E-state index is 13.4. The van der Waals surface area contributed by atoms with E-state index in [1.165, 1.54) is 6.07 Å². The van der Waals surface area contributed by atoms with Gasteiger partial charge in [0.15, 0.2) is 0 Å². The van der Waals surface area contributed by atoms with Crippen LogP contribution in [0.1, 0.15) is 18.2 Å². The summed E-state index contributed by atoms with van der Waals surface area (Å²) >= 11 is 9.04. The molecular formula is C18H12BrClFN3O2. The highest BCUT2D eigenvalue weighted by molar-refractivity contribution is 9.10. The Kier molecular flexibility index (Phi) is 4.50. The van der Waals surface area contributed by atoms with Crippen molar-refractivity contribution in [2.45, 2.75) is 12.3 Å². The summed E-state index contributed by atoms with van der Waals surface area (Å²) in [5, 5.41) is 4.57. The number of benzene rings is 2. The molecule has 0 N–H and O–H groups in total. The zero-order valence-corrected chi connectivity index (χ0v) is 15.7. The summed E-state index contributed by atoms with van der Waals surface area (Å²) in [6.07, 6.45) is 0.289. The third-order valence-electron chi connectivity index (χ3n) is 4.23. The van der Waals surface area contributed by atoms with E-state index in [0.717, 1.165) is 5.69 Å². The van der Waals surface area contributed by atoms with Crippen LogP contribution in [-0.2, 0) is 4.79 Å². The van der Waals surface area contributed by atoms with Crippen LogP contribution in [0.2, 0.25) is 5.02 Å². The van der Waals surface area contributed by atoms with Crippen molar-refractivity contribution < 1.29 is 13.7 Å². The Hall–Kier alpha value is -2.25. The Morgan fingerprint density at radius 1 is 1.23 bits per heavy atom. The Balaban J connectivity index is 1.55. The molecule has 3 aromatic rings. The largest absolute Gasteiger partial charge is 0.339 e. The molecule has 0 bridgehead atoms. The molecule has 2 aromatic carbocycles. The first-order valence-corrected chi connectivity index (χ1v) is 9.03. The van der Waals surface area contributed by atoms with Gasteiger partial charge in [0.2, 0.25) is 17.6 Å². The first-order chi connectivity index (χ1) is 12.5. The number of nitrogens with zero attached hydrogens (tertiary/aromatic N) is 3. The van der Waals surface area contributed by atoms with Crippen LogP contribution in [-0.4, -0.2) is 22.6 Å². The van der Waals surface area contributed by atoms with E-state index in [9.17, 15) is 9.18 Å². The predicted molar refractivity (Wildman–Crippen MR) is 98.6 cm³/mol. The number of anilines is 1. The highest BCUT2D eigenvalue weighted by Gasteiger charge is 2.35. The number of hydrogen-bond donors (Lipinski definition) is 0. The van der Waals surface area contributed by atoms with Crippen LogP contribution >= 0.6 is 27.5 Å². The number of carbonyl (C=O) groups is 1. The topological polar surface area (TPSA) is 59.2 Å². The predicted octanol–water partition coefficient (Wildman–Crippen LogP) is 4.81. The van der Waals surface area contributed by atoms with E-state index in [1.54, 1.807) is 41.3 Å².